The molecule has 2 N–H and O–H groups in total. The number of para-hydroxylation sites is 1. The summed E-state index contributed by atoms with van der Waals surface area (Å²) in [5.41, 5.74) is 0. The van der Waals surface area contributed by atoms with Crippen LogP contribution < -0.4 is 15.4 Å². The first-order valence-corrected chi connectivity index (χ1v) is 5.94. The Kier molecular flexibility index (Phi) is 8.91. The van der Waals surface area contributed by atoms with Gasteiger partial charge >= 0.3 is 0 Å². The Balaban J connectivity index is 0.00000324. The maximum Gasteiger partial charge on any atom is 0.223 e. The number of amides is 1. The number of hydrogen-bond acceptors (Lipinski definition) is 3. The van der Waals surface area contributed by atoms with Gasteiger partial charge in [-0.15, -0.1) is 12.4 Å². The molecule has 0 radical (unpaired) electrons. The molecule has 0 aromatic heterocycles. The molecule has 6 heteroatoms. The van der Waals surface area contributed by atoms with E-state index >= 15 is 0 Å². The fourth-order valence-corrected chi connectivity index (χ4v) is 1.27. The van der Waals surface area contributed by atoms with Crippen LogP contribution in [0.4, 0.5) is 4.39 Å². The molecule has 1 atom stereocenters. The smallest absolute Gasteiger partial charge is 0.223 e. The van der Waals surface area contributed by atoms with E-state index in [-0.39, 0.29) is 43.1 Å². The second kappa shape index (κ2) is 9.58. The van der Waals surface area contributed by atoms with Gasteiger partial charge in [0.1, 0.15) is 0 Å². The summed E-state index contributed by atoms with van der Waals surface area (Å²) in [6.45, 7) is 2.70. The van der Waals surface area contributed by atoms with Crippen LogP contribution in [-0.2, 0) is 4.79 Å². The first kappa shape index (κ1) is 17.7. The van der Waals surface area contributed by atoms with Crippen molar-refractivity contribution in [2.75, 3.05) is 20.2 Å². The molecule has 4 nitrogen and oxygen atoms in total. The fourth-order valence-electron chi connectivity index (χ4n) is 1.27. The fraction of sp³-hybridized carbons (Fsp3) is 0.462. The molecule has 0 spiro atoms. The van der Waals surface area contributed by atoms with Crippen molar-refractivity contribution in [2.45, 2.75) is 19.4 Å². The lowest BCUT2D eigenvalue weighted by molar-refractivity contribution is -0.121. The van der Waals surface area contributed by atoms with Gasteiger partial charge in [-0.3, -0.25) is 4.79 Å². The molecule has 0 aliphatic carbocycles. The summed E-state index contributed by atoms with van der Waals surface area (Å²) in [7, 11) is 1.83. The summed E-state index contributed by atoms with van der Waals surface area (Å²) >= 11 is 0. The van der Waals surface area contributed by atoms with Crippen molar-refractivity contribution in [3.05, 3.63) is 30.1 Å². The monoisotopic (exact) mass is 290 g/mol. The quantitative estimate of drug-likeness (QED) is 0.804. The number of nitrogens with one attached hydrogen (secondary N) is 2. The molecule has 0 saturated heterocycles. The van der Waals surface area contributed by atoms with Gasteiger partial charge in [-0.05, 0) is 26.1 Å². The average Bonchev–Trinajstić information content (AvgIpc) is 2.38. The summed E-state index contributed by atoms with van der Waals surface area (Å²) in [6.07, 6.45) is 0.213. The van der Waals surface area contributed by atoms with E-state index in [0.717, 1.165) is 0 Å². The Morgan fingerprint density at radius 2 is 2.11 bits per heavy atom. The minimum absolute atomic E-state index is 0. The second-order valence-electron chi connectivity index (χ2n) is 4.02. The number of carbonyl (C=O) groups excluding carboxylic acids is 1. The average molecular weight is 291 g/mol. The van der Waals surface area contributed by atoms with Crippen LogP contribution in [0, 0.1) is 5.82 Å². The van der Waals surface area contributed by atoms with E-state index in [1.54, 1.807) is 12.1 Å². The largest absolute Gasteiger partial charge is 0.490 e. The molecule has 1 rings (SSSR count). The predicted molar refractivity (Wildman–Crippen MR) is 75.3 cm³/mol. The van der Waals surface area contributed by atoms with Gasteiger partial charge in [0, 0.05) is 12.6 Å². The van der Waals surface area contributed by atoms with E-state index < -0.39 is 5.82 Å². The molecule has 19 heavy (non-hydrogen) atoms. The van der Waals surface area contributed by atoms with E-state index in [1.807, 2.05) is 14.0 Å². The van der Waals surface area contributed by atoms with Crippen molar-refractivity contribution in [1.29, 1.82) is 0 Å². The van der Waals surface area contributed by atoms with Crippen LogP contribution in [0.5, 0.6) is 5.75 Å². The van der Waals surface area contributed by atoms with Crippen LogP contribution in [0.3, 0.4) is 0 Å². The topological polar surface area (TPSA) is 50.4 Å². The number of ether oxygens (including phenoxy) is 1. The van der Waals surface area contributed by atoms with Gasteiger partial charge in [0.05, 0.1) is 13.0 Å². The lowest BCUT2D eigenvalue weighted by atomic mass is 10.3. The van der Waals surface area contributed by atoms with Gasteiger partial charge in [-0.2, -0.15) is 0 Å². The molecule has 0 bridgehead atoms. The first-order valence-electron chi connectivity index (χ1n) is 5.94. The molecule has 108 valence electrons. The summed E-state index contributed by atoms with van der Waals surface area (Å²) < 4.78 is 18.4. The van der Waals surface area contributed by atoms with Gasteiger partial charge < -0.3 is 15.4 Å². The third kappa shape index (κ3) is 6.98. The highest BCUT2D eigenvalue weighted by atomic mass is 35.5. The summed E-state index contributed by atoms with van der Waals surface area (Å²) in [5.74, 6) is -0.343. The molecule has 1 aromatic carbocycles. The number of carbonyl (C=O) groups is 1. The third-order valence-corrected chi connectivity index (χ3v) is 2.52. The van der Waals surface area contributed by atoms with Crippen LogP contribution in [-0.4, -0.2) is 32.1 Å². The zero-order valence-corrected chi connectivity index (χ0v) is 11.9. The van der Waals surface area contributed by atoms with Crippen molar-refractivity contribution >= 4 is 18.3 Å². The van der Waals surface area contributed by atoms with E-state index in [9.17, 15) is 9.18 Å². The van der Waals surface area contributed by atoms with Gasteiger partial charge in [0.2, 0.25) is 5.91 Å². The summed E-state index contributed by atoms with van der Waals surface area (Å²) in [4.78, 5) is 11.4. The first-order chi connectivity index (χ1) is 8.63. The lowest BCUT2D eigenvalue weighted by Crippen LogP contribution is -2.37. The lowest BCUT2D eigenvalue weighted by Gasteiger charge is -2.11. The van der Waals surface area contributed by atoms with E-state index in [1.165, 1.54) is 12.1 Å². The second-order valence-corrected chi connectivity index (χ2v) is 4.02. The number of hydrogen-bond donors (Lipinski definition) is 2. The van der Waals surface area contributed by atoms with Crippen molar-refractivity contribution in [1.82, 2.24) is 10.6 Å². The van der Waals surface area contributed by atoms with Gasteiger partial charge in [0.15, 0.2) is 11.6 Å². The summed E-state index contributed by atoms with van der Waals surface area (Å²) in [6, 6.07) is 6.36. The number of halogens is 2. The molecular formula is C13H20ClFN2O2. The minimum atomic E-state index is -0.415. The Morgan fingerprint density at radius 1 is 1.42 bits per heavy atom. The molecule has 0 aliphatic heterocycles. The van der Waals surface area contributed by atoms with E-state index in [2.05, 4.69) is 10.6 Å². The highest BCUT2D eigenvalue weighted by Gasteiger charge is 2.05. The highest BCUT2D eigenvalue weighted by Crippen LogP contribution is 2.15. The van der Waals surface area contributed by atoms with Gasteiger partial charge in [0.25, 0.3) is 0 Å². The van der Waals surface area contributed by atoms with Gasteiger partial charge in [-0.25, -0.2) is 4.39 Å². The third-order valence-electron chi connectivity index (χ3n) is 2.52. The molecule has 0 saturated carbocycles. The number of rotatable bonds is 7. The molecule has 0 aliphatic rings. The maximum atomic E-state index is 13.2. The van der Waals surface area contributed by atoms with Crippen molar-refractivity contribution in [3.63, 3.8) is 0 Å². The van der Waals surface area contributed by atoms with Crippen molar-refractivity contribution in [2.24, 2.45) is 0 Å². The Hall–Kier alpha value is -1.33. The molecular weight excluding hydrogens is 271 g/mol. The normalized spacial score (nSPS) is 11.3. The predicted octanol–water partition coefficient (Wildman–Crippen LogP) is 1.74. The molecule has 1 unspecified atom stereocenters. The van der Waals surface area contributed by atoms with Crippen LogP contribution in [0.2, 0.25) is 0 Å². The highest BCUT2D eigenvalue weighted by molar-refractivity contribution is 5.85. The molecule has 0 heterocycles. The van der Waals surface area contributed by atoms with E-state index in [4.69, 9.17) is 4.74 Å². The summed E-state index contributed by atoms with van der Waals surface area (Å²) in [5, 5.41) is 5.77. The molecule has 1 aromatic rings. The molecule has 0 fully saturated rings. The van der Waals surface area contributed by atoms with Gasteiger partial charge in [-0.1, -0.05) is 12.1 Å². The van der Waals surface area contributed by atoms with Crippen LogP contribution >= 0.6 is 12.4 Å². The number of likely N-dealkylation sites (N-methyl/N-ethyl adjacent to an activating group) is 1. The number of benzene rings is 1. The van der Waals surface area contributed by atoms with Crippen LogP contribution in [0.25, 0.3) is 0 Å². The minimum Gasteiger partial charge on any atom is -0.490 e. The Bertz CT molecular complexity index is 391. The standard InChI is InChI=1S/C13H19FN2O2.ClH/c1-10(15-2)9-16-13(17)7-8-18-12-6-4-3-5-11(12)14;/h3-6,10,15H,7-9H2,1-2H3,(H,16,17);1H. The van der Waals surface area contributed by atoms with Crippen LogP contribution in [0.15, 0.2) is 24.3 Å². The molecule has 1 amide bonds. The zero-order chi connectivity index (χ0) is 13.4. The maximum absolute atomic E-state index is 13.2. The zero-order valence-electron chi connectivity index (χ0n) is 11.1. The van der Waals surface area contributed by atoms with Crippen LogP contribution in [0.1, 0.15) is 13.3 Å². The Labute approximate surface area is 119 Å². The van der Waals surface area contributed by atoms with Crippen molar-refractivity contribution < 1.29 is 13.9 Å². The Morgan fingerprint density at radius 3 is 2.74 bits per heavy atom. The van der Waals surface area contributed by atoms with Crippen molar-refractivity contribution in [3.8, 4) is 5.75 Å². The van der Waals surface area contributed by atoms with E-state index in [0.29, 0.717) is 6.54 Å². The SMILES string of the molecule is CNC(C)CNC(=O)CCOc1ccccc1F.Cl.